The number of benzene rings is 3. The average molecular weight is 791 g/mol. The molecule has 0 atom stereocenters. The van der Waals surface area contributed by atoms with Crippen molar-refractivity contribution in [3.05, 3.63) is 86.2 Å². The first-order chi connectivity index (χ1) is 28.1. The quantitative estimate of drug-likeness (QED) is 0.125. The van der Waals surface area contributed by atoms with Crippen LogP contribution in [0.3, 0.4) is 0 Å². The van der Waals surface area contributed by atoms with Crippen molar-refractivity contribution in [2.45, 2.75) is 64.5 Å². The summed E-state index contributed by atoms with van der Waals surface area (Å²) < 4.78 is 17.0. The maximum atomic E-state index is 13.2. The van der Waals surface area contributed by atoms with E-state index >= 15 is 0 Å². The van der Waals surface area contributed by atoms with E-state index in [4.69, 9.17) is 14.6 Å². The molecule has 0 aliphatic carbocycles. The highest BCUT2D eigenvalue weighted by atomic mass is 16.5. The SMILES string of the molecule is O=C(O)CN(CC(=O)O)c1ccc(C2=c3cc4c5c(c3Oc3c2cc2c6c3CCCN6CCC2)CCC[N+]=5CCC4)cc1OCC(=O)NCc1cn(CC(=O)O)nn1. The molecule has 1 amide bonds. The molecule has 6 heterocycles. The van der Waals surface area contributed by atoms with Gasteiger partial charge in [-0.05, 0) is 73.9 Å². The summed E-state index contributed by atoms with van der Waals surface area (Å²) in [5.74, 6) is -2.21. The fourth-order valence-electron chi connectivity index (χ4n) is 9.44. The molecule has 9 rings (SSSR count). The van der Waals surface area contributed by atoms with Crippen molar-refractivity contribution in [1.82, 2.24) is 24.9 Å². The lowest BCUT2D eigenvalue weighted by molar-refractivity contribution is -0.138. The molecule has 0 radical (unpaired) electrons. The number of anilines is 2. The molecule has 5 aliphatic heterocycles. The Bertz CT molecular complexity index is 2510. The molecule has 0 saturated heterocycles. The first-order valence-corrected chi connectivity index (χ1v) is 19.9. The fraction of sp³-hybridized carbons (Fsp3) is 0.405. The van der Waals surface area contributed by atoms with E-state index in [2.05, 4.69) is 37.2 Å². The van der Waals surface area contributed by atoms with E-state index in [0.29, 0.717) is 5.69 Å². The molecule has 0 unspecified atom stereocenters. The van der Waals surface area contributed by atoms with Gasteiger partial charge in [-0.15, -0.1) is 5.10 Å². The summed E-state index contributed by atoms with van der Waals surface area (Å²) in [5.41, 5.74) is 9.55. The van der Waals surface area contributed by atoms with E-state index in [1.165, 1.54) is 44.4 Å². The second-order valence-electron chi connectivity index (χ2n) is 15.5. The number of nitrogens with one attached hydrogen (secondary N) is 1. The third-order valence-corrected chi connectivity index (χ3v) is 11.6. The van der Waals surface area contributed by atoms with Crippen molar-refractivity contribution in [3.8, 4) is 17.2 Å². The smallest absolute Gasteiger partial charge is 0.325 e. The van der Waals surface area contributed by atoms with Crippen LogP contribution in [0.15, 0.2) is 36.5 Å². The predicted octanol–water partition coefficient (Wildman–Crippen LogP) is 1.47. The van der Waals surface area contributed by atoms with E-state index in [1.54, 1.807) is 12.1 Å². The summed E-state index contributed by atoms with van der Waals surface area (Å²) in [7, 11) is 0. The minimum absolute atomic E-state index is 0.0431. The lowest BCUT2D eigenvalue weighted by Gasteiger charge is -2.39. The van der Waals surface area contributed by atoms with Gasteiger partial charge in [-0.1, -0.05) is 11.3 Å². The van der Waals surface area contributed by atoms with Crippen molar-refractivity contribution >= 4 is 40.8 Å². The van der Waals surface area contributed by atoms with Crippen LogP contribution in [-0.4, -0.2) is 100 Å². The van der Waals surface area contributed by atoms with Crippen molar-refractivity contribution < 1.29 is 44.0 Å². The number of aromatic nitrogens is 3. The highest BCUT2D eigenvalue weighted by Gasteiger charge is 2.36. The molecule has 0 spiro atoms. The molecule has 0 fully saturated rings. The molecule has 0 bridgehead atoms. The van der Waals surface area contributed by atoms with Crippen LogP contribution in [0.4, 0.5) is 11.4 Å². The number of hydrogen-bond donors (Lipinski definition) is 4. The Kier molecular flexibility index (Phi) is 9.69. The number of aliphatic carboxylic acids is 3. The highest BCUT2D eigenvalue weighted by molar-refractivity contribution is 5.91. The second kappa shape index (κ2) is 15.1. The molecule has 58 heavy (non-hydrogen) atoms. The Morgan fingerprint density at radius 1 is 0.862 bits per heavy atom. The first kappa shape index (κ1) is 37.1. The average Bonchev–Trinajstić information content (AvgIpc) is 3.65. The lowest BCUT2D eigenvalue weighted by Crippen LogP contribution is -2.45. The second-order valence-corrected chi connectivity index (χ2v) is 15.5. The van der Waals surface area contributed by atoms with Gasteiger partial charge in [0.05, 0.1) is 24.0 Å². The van der Waals surface area contributed by atoms with Gasteiger partial charge in [0.25, 0.3) is 5.91 Å². The van der Waals surface area contributed by atoms with Gasteiger partial charge >= 0.3 is 17.9 Å². The molecule has 16 heteroatoms. The molecule has 300 valence electrons. The minimum Gasteiger partial charge on any atom is -0.482 e. The molecular weight excluding hydrogens is 747 g/mol. The van der Waals surface area contributed by atoms with Crippen LogP contribution in [-0.2, 0) is 58.0 Å². The summed E-state index contributed by atoms with van der Waals surface area (Å²) in [6.45, 7) is 1.93. The van der Waals surface area contributed by atoms with Gasteiger partial charge in [-0.25, -0.2) is 9.26 Å². The van der Waals surface area contributed by atoms with Crippen molar-refractivity contribution in [2.24, 2.45) is 0 Å². The van der Waals surface area contributed by atoms with E-state index in [9.17, 15) is 29.4 Å². The number of amides is 1. The maximum Gasteiger partial charge on any atom is 0.325 e. The zero-order valence-corrected chi connectivity index (χ0v) is 32.0. The number of carboxylic acids is 3. The number of rotatable bonds is 13. The maximum absolute atomic E-state index is 13.2. The van der Waals surface area contributed by atoms with Crippen LogP contribution < -0.4 is 39.7 Å². The standard InChI is InChI=1S/C42H43N7O9/c50-34(43-18-27-19-49(45-44-27)22-37(55)56)23-57-33-17-24(9-10-32(33)48(20-35(51)52)21-36(53)54)38-30-15-25-5-1-11-46-13-3-7-28(39(25)46)41(30)58-42-29-8-4-14-47-12-2-6-26(40(29)47)16-31(38)42/h9-10,15-17,19H,1-8,11-14,18,20-23H2,(H3-,43,50,51,52,53,54,55,56)/p+1. The summed E-state index contributed by atoms with van der Waals surface area (Å²) >= 11 is 0. The Morgan fingerprint density at radius 3 is 2.38 bits per heavy atom. The largest absolute Gasteiger partial charge is 0.482 e. The Labute approximate surface area is 332 Å². The number of fused-ring (bicyclic) bond motifs is 4. The van der Waals surface area contributed by atoms with Gasteiger partial charge in [0.2, 0.25) is 5.36 Å². The number of hydrogen-bond acceptors (Lipinski definition) is 10. The molecule has 1 aromatic heterocycles. The molecule has 3 aromatic carbocycles. The zero-order chi connectivity index (χ0) is 40.1. The fourth-order valence-corrected chi connectivity index (χ4v) is 9.44. The van der Waals surface area contributed by atoms with Crippen molar-refractivity contribution in [1.29, 1.82) is 0 Å². The van der Waals surface area contributed by atoms with Gasteiger partial charge < -0.3 is 39.9 Å². The summed E-state index contributed by atoms with van der Waals surface area (Å²) in [6, 6.07) is 9.88. The lowest BCUT2D eigenvalue weighted by atomic mass is 9.82. The van der Waals surface area contributed by atoms with Crippen LogP contribution >= 0.6 is 0 Å². The van der Waals surface area contributed by atoms with Crippen LogP contribution in [0.5, 0.6) is 17.2 Å². The molecule has 0 saturated carbocycles. The van der Waals surface area contributed by atoms with E-state index in [0.717, 1.165) is 116 Å². The first-order valence-electron chi connectivity index (χ1n) is 19.9. The Morgan fingerprint density at radius 2 is 1.60 bits per heavy atom. The third-order valence-electron chi connectivity index (χ3n) is 11.6. The third kappa shape index (κ3) is 6.96. The van der Waals surface area contributed by atoms with Crippen molar-refractivity contribution in [2.75, 3.05) is 55.7 Å². The number of carbonyl (C=O) groups is 4. The van der Waals surface area contributed by atoms with Gasteiger partial charge in [0.15, 0.2) is 6.61 Å². The van der Waals surface area contributed by atoms with Gasteiger partial charge in [0, 0.05) is 59.1 Å². The number of carboxylic acid groups (broad SMARTS) is 3. The molecule has 4 aromatic rings. The van der Waals surface area contributed by atoms with Crippen LogP contribution in [0.25, 0.3) is 5.57 Å². The Balaban J connectivity index is 1.18. The predicted molar refractivity (Wildman–Crippen MR) is 209 cm³/mol. The molecule has 16 nitrogen and oxygen atoms in total. The van der Waals surface area contributed by atoms with Crippen LogP contribution in [0.2, 0.25) is 0 Å². The highest BCUT2D eigenvalue weighted by Crippen LogP contribution is 2.49. The normalized spacial score (nSPS) is 16.0. The Hall–Kier alpha value is -6.45. The molecule has 4 N–H and O–H groups in total. The number of nitrogens with zero attached hydrogens (tertiary/aromatic N) is 6. The molecule has 5 aliphatic rings. The monoisotopic (exact) mass is 790 g/mol. The van der Waals surface area contributed by atoms with Crippen LogP contribution in [0, 0.1) is 0 Å². The van der Waals surface area contributed by atoms with Crippen LogP contribution in [0.1, 0.15) is 64.8 Å². The van der Waals surface area contributed by atoms with E-state index in [-0.39, 0.29) is 24.5 Å². The number of ether oxygens (including phenoxy) is 2. The summed E-state index contributed by atoms with van der Waals surface area (Å²) in [5, 5.41) is 41.3. The van der Waals surface area contributed by atoms with Gasteiger partial charge in [-0.2, -0.15) is 0 Å². The zero-order valence-electron chi connectivity index (χ0n) is 32.0. The number of carbonyl (C=O) groups excluding carboxylic acids is 1. The van der Waals surface area contributed by atoms with Gasteiger partial charge in [0.1, 0.15) is 55.7 Å². The molecular formula is C42H44N7O9+. The summed E-state index contributed by atoms with van der Waals surface area (Å²) in [6.07, 6.45) is 9.29. The topological polar surface area (TPSA) is 200 Å². The van der Waals surface area contributed by atoms with E-state index in [1.807, 2.05) is 6.07 Å². The van der Waals surface area contributed by atoms with E-state index < -0.39 is 43.5 Å². The summed E-state index contributed by atoms with van der Waals surface area (Å²) in [4.78, 5) is 52.0. The number of aryl methyl sites for hydroxylation is 2. The van der Waals surface area contributed by atoms with Gasteiger partial charge in [-0.3, -0.25) is 19.2 Å². The minimum atomic E-state index is -1.23. The van der Waals surface area contributed by atoms with Crippen molar-refractivity contribution in [3.63, 3.8) is 0 Å².